The zero-order valence-electron chi connectivity index (χ0n) is 10.0. The molecule has 0 amide bonds. The molecule has 2 N–H and O–H groups in total. The van der Waals surface area contributed by atoms with Crippen molar-refractivity contribution in [2.75, 3.05) is 11.9 Å². The molecule has 1 unspecified atom stereocenters. The van der Waals surface area contributed by atoms with Crippen molar-refractivity contribution in [3.8, 4) is 0 Å². The fourth-order valence-electron chi connectivity index (χ4n) is 1.42. The molecule has 1 atom stereocenters. The lowest BCUT2D eigenvalue weighted by Crippen LogP contribution is -2.36. The van der Waals surface area contributed by atoms with E-state index in [1.54, 1.807) is 0 Å². The molecule has 0 radical (unpaired) electrons. The van der Waals surface area contributed by atoms with E-state index >= 15 is 0 Å². The summed E-state index contributed by atoms with van der Waals surface area (Å²) in [7, 11) is 0. The van der Waals surface area contributed by atoms with Gasteiger partial charge in [-0.25, -0.2) is 0 Å². The third kappa shape index (κ3) is 5.10. The molecule has 1 aromatic rings. The van der Waals surface area contributed by atoms with Crippen LogP contribution in [0.2, 0.25) is 0 Å². The number of alkyl halides is 6. The molecule has 21 heavy (non-hydrogen) atoms. The Morgan fingerprint density at radius 3 is 2.19 bits per heavy atom. The van der Waals surface area contributed by atoms with Gasteiger partial charge < -0.3 is 10.4 Å². The van der Waals surface area contributed by atoms with Crippen LogP contribution in [0.4, 0.5) is 32.0 Å². The maximum absolute atomic E-state index is 12.5. The van der Waals surface area contributed by atoms with Gasteiger partial charge in [0.2, 0.25) is 0 Å². The van der Waals surface area contributed by atoms with E-state index in [4.69, 9.17) is 5.11 Å². The highest BCUT2D eigenvalue weighted by Crippen LogP contribution is 2.34. The van der Waals surface area contributed by atoms with Crippen LogP contribution >= 0.6 is 15.9 Å². The van der Waals surface area contributed by atoms with Crippen molar-refractivity contribution in [1.29, 1.82) is 0 Å². The van der Waals surface area contributed by atoms with E-state index in [2.05, 4.69) is 21.2 Å². The molecule has 0 spiro atoms. The Hall–Kier alpha value is -1.45. The number of carboxylic acids is 1. The van der Waals surface area contributed by atoms with Gasteiger partial charge in [-0.05, 0) is 18.2 Å². The van der Waals surface area contributed by atoms with Gasteiger partial charge in [-0.15, -0.1) is 0 Å². The van der Waals surface area contributed by atoms with Gasteiger partial charge in [-0.2, -0.15) is 26.3 Å². The first kappa shape index (κ1) is 17.6. The molecule has 0 saturated carbocycles. The molecule has 0 fully saturated rings. The molecule has 0 heterocycles. The quantitative estimate of drug-likeness (QED) is 0.772. The first-order chi connectivity index (χ1) is 9.41. The van der Waals surface area contributed by atoms with Crippen LogP contribution < -0.4 is 5.32 Å². The smallest absolute Gasteiger partial charge is 0.416 e. The van der Waals surface area contributed by atoms with Gasteiger partial charge in [0.05, 0.1) is 5.56 Å². The molecule has 0 aliphatic carbocycles. The van der Waals surface area contributed by atoms with Crippen LogP contribution in [-0.2, 0) is 11.0 Å². The molecule has 1 aromatic carbocycles. The second-order valence-electron chi connectivity index (χ2n) is 4.04. The normalized spacial score (nSPS) is 13.9. The molecule has 0 aromatic heterocycles. The van der Waals surface area contributed by atoms with Crippen molar-refractivity contribution in [1.82, 2.24) is 0 Å². The number of carboxylic acid groups (broad SMARTS) is 1. The molecule has 1 rings (SSSR count). The van der Waals surface area contributed by atoms with Gasteiger partial charge in [-0.1, -0.05) is 15.9 Å². The van der Waals surface area contributed by atoms with Gasteiger partial charge in [0.25, 0.3) is 0 Å². The average molecular weight is 380 g/mol. The summed E-state index contributed by atoms with van der Waals surface area (Å²) in [6.07, 6.45) is -9.67. The second-order valence-corrected chi connectivity index (χ2v) is 4.96. The average Bonchev–Trinajstić information content (AvgIpc) is 2.24. The Morgan fingerprint density at radius 2 is 1.76 bits per heavy atom. The maximum atomic E-state index is 12.5. The lowest BCUT2D eigenvalue weighted by molar-refractivity contribution is -0.190. The molecule has 118 valence electrons. The van der Waals surface area contributed by atoms with Crippen molar-refractivity contribution in [3.63, 3.8) is 0 Å². The molecular formula is C11H8BrF6NO2. The number of benzene rings is 1. The van der Waals surface area contributed by atoms with E-state index in [0.29, 0.717) is 6.07 Å². The highest BCUT2D eigenvalue weighted by molar-refractivity contribution is 9.10. The molecule has 0 aliphatic rings. The summed E-state index contributed by atoms with van der Waals surface area (Å²) in [6.45, 7) is -1.08. The van der Waals surface area contributed by atoms with Crippen LogP contribution in [0, 0.1) is 5.92 Å². The number of carbonyl (C=O) groups is 1. The van der Waals surface area contributed by atoms with Crippen LogP contribution in [0.1, 0.15) is 5.56 Å². The van der Waals surface area contributed by atoms with E-state index in [1.807, 2.05) is 0 Å². The Balaban J connectivity index is 2.94. The third-order valence-electron chi connectivity index (χ3n) is 2.43. The largest absolute Gasteiger partial charge is 0.481 e. The molecule has 0 bridgehead atoms. The van der Waals surface area contributed by atoms with E-state index in [9.17, 15) is 31.1 Å². The summed E-state index contributed by atoms with van der Waals surface area (Å²) >= 11 is 2.80. The van der Waals surface area contributed by atoms with Crippen LogP contribution in [0.5, 0.6) is 0 Å². The standard InChI is InChI=1S/C11H8BrF6NO2/c12-6-1-5(10(13,14)15)2-7(3-6)19-4-8(9(20)21)11(16,17)18/h1-3,8,19H,4H2,(H,20,21). The Bertz CT molecular complexity index is 528. The second kappa shape index (κ2) is 6.12. The van der Waals surface area contributed by atoms with E-state index in [0.717, 1.165) is 12.1 Å². The molecule has 3 nitrogen and oxygen atoms in total. The number of hydrogen-bond acceptors (Lipinski definition) is 2. The molecule has 0 aliphatic heterocycles. The zero-order valence-corrected chi connectivity index (χ0v) is 11.6. The third-order valence-corrected chi connectivity index (χ3v) is 2.89. The summed E-state index contributed by atoms with van der Waals surface area (Å²) in [5.41, 5.74) is -1.34. The van der Waals surface area contributed by atoms with Gasteiger partial charge in [0.15, 0.2) is 5.92 Å². The first-order valence-corrected chi connectivity index (χ1v) is 6.11. The van der Waals surface area contributed by atoms with Crippen LogP contribution in [-0.4, -0.2) is 23.8 Å². The Morgan fingerprint density at radius 1 is 1.19 bits per heavy atom. The van der Waals surface area contributed by atoms with Crippen molar-refractivity contribution in [2.45, 2.75) is 12.4 Å². The predicted octanol–water partition coefficient (Wildman–Crippen LogP) is 4.14. The van der Waals surface area contributed by atoms with Crippen molar-refractivity contribution in [3.05, 3.63) is 28.2 Å². The molecule has 0 saturated heterocycles. The van der Waals surface area contributed by atoms with E-state index < -0.39 is 36.3 Å². The Kier molecular flexibility index (Phi) is 5.13. The predicted molar refractivity (Wildman–Crippen MR) is 64.8 cm³/mol. The van der Waals surface area contributed by atoms with Gasteiger partial charge in [0.1, 0.15) is 0 Å². The van der Waals surface area contributed by atoms with Gasteiger partial charge in [0, 0.05) is 16.7 Å². The number of rotatable bonds is 4. The number of halogens is 7. The van der Waals surface area contributed by atoms with Crippen molar-refractivity contribution < 1.29 is 36.2 Å². The number of anilines is 1. The van der Waals surface area contributed by atoms with Gasteiger partial charge >= 0.3 is 18.3 Å². The topological polar surface area (TPSA) is 49.3 Å². The molecular weight excluding hydrogens is 372 g/mol. The number of aliphatic carboxylic acids is 1. The van der Waals surface area contributed by atoms with Crippen LogP contribution in [0.15, 0.2) is 22.7 Å². The minimum absolute atomic E-state index is 0.00120. The van der Waals surface area contributed by atoms with E-state index in [1.165, 1.54) is 0 Å². The highest BCUT2D eigenvalue weighted by atomic mass is 79.9. The summed E-state index contributed by atoms with van der Waals surface area (Å²) in [5.74, 6) is -4.83. The minimum atomic E-state index is -5.00. The summed E-state index contributed by atoms with van der Waals surface area (Å²) < 4.78 is 74.9. The summed E-state index contributed by atoms with van der Waals surface area (Å²) in [5, 5.41) is 10.5. The number of nitrogens with one attached hydrogen (secondary N) is 1. The lowest BCUT2D eigenvalue weighted by atomic mass is 10.1. The Labute approximate surface area is 123 Å². The fraction of sp³-hybridized carbons (Fsp3) is 0.364. The minimum Gasteiger partial charge on any atom is -0.481 e. The SMILES string of the molecule is O=C(O)C(CNc1cc(Br)cc(C(F)(F)F)c1)C(F)(F)F. The van der Waals surface area contributed by atoms with Crippen molar-refractivity contribution in [2.24, 2.45) is 5.92 Å². The zero-order chi connectivity index (χ0) is 16.4. The first-order valence-electron chi connectivity index (χ1n) is 5.32. The number of hydrogen-bond donors (Lipinski definition) is 2. The fourth-order valence-corrected chi connectivity index (χ4v) is 1.91. The van der Waals surface area contributed by atoms with E-state index in [-0.39, 0.29) is 10.2 Å². The van der Waals surface area contributed by atoms with Crippen molar-refractivity contribution >= 4 is 27.6 Å². The monoisotopic (exact) mass is 379 g/mol. The van der Waals surface area contributed by atoms with Gasteiger partial charge in [-0.3, -0.25) is 4.79 Å². The summed E-state index contributed by atoms with van der Waals surface area (Å²) in [4.78, 5) is 10.5. The molecule has 10 heteroatoms. The van der Waals surface area contributed by atoms with Crippen LogP contribution in [0.3, 0.4) is 0 Å². The lowest BCUT2D eigenvalue weighted by Gasteiger charge is -2.18. The van der Waals surface area contributed by atoms with Crippen LogP contribution in [0.25, 0.3) is 0 Å². The highest BCUT2D eigenvalue weighted by Gasteiger charge is 2.45. The summed E-state index contributed by atoms with van der Waals surface area (Å²) in [6, 6.07) is 2.47. The maximum Gasteiger partial charge on any atom is 0.416 e.